The number of amides is 1. The molecule has 0 saturated carbocycles. The molecule has 0 unspecified atom stereocenters. The van der Waals surface area contributed by atoms with E-state index in [0.29, 0.717) is 0 Å². The molecule has 0 aliphatic carbocycles. The van der Waals surface area contributed by atoms with Crippen LogP contribution in [0.4, 0.5) is 5.69 Å². The first-order valence-electron chi connectivity index (χ1n) is 6.08. The van der Waals surface area contributed by atoms with Crippen LogP contribution in [0.3, 0.4) is 0 Å². The fourth-order valence-corrected chi connectivity index (χ4v) is 1.70. The molecule has 0 atom stereocenters. The van der Waals surface area contributed by atoms with Crippen molar-refractivity contribution in [1.29, 1.82) is 0 Å². The predicted molar refractivity (Wildman–Crippen MR) is 80.1 cm³/mol. The number of nitro groups is 1. The van der Waals surface area contributed by atoms with E-state index < -0.39 is 17.4 Å². The summed E-state index contributed by atoms with van der Waals surface area (Å²) in [6.07, 6.45) is 3.13. The Morgan fingerprint density at radius 2 is 2.32 bits per heavy atom. The summed E-state index contributed by atoms with van der Waals surface area (Å²) >= 11 is 5.68. The number of ether oxygens (including phenoxy) is 1. The highest BCUT2D eigenvalue weighted by molar-refractivity contribution is 6.30. The standard InChI is InChI=1S/C13H11ClN4O4/c14-9-3-4-12(11(6-9)18(20)21)22-8-13(19)17-16-7-10-2-1-5-15-10/h1-7,15H,8H2,(H,17,19). The smallest absolute Gasteiger partial charge is 0.312 e. The molecular formula is C13H11ClN4O4. The molecule has 0 aliphatic rings. The van der Waals surface area contributed by atoms with Crippen LogP contribution in [0.25, 0.3) is 0 Å². The summed E-state index contributed by atoms with van der Waals surface area (Å²) in [7, 11) is 0. The van der Waals surface area contributed by atoms with Gasteiger partial charge in [0.2, 0.25) is 0 Å². The Hall–Kier alpha value is -2.87. The quantitative estimate of drug-likeness (QED) is 0.482. The number of benzene rings is 1. The first-order valence-corrected chi connectivity index (χ1v) is 6.46. The van der Waals surface area contributed by atoms with Crippen molar-refractivity contribution in [3.8, 4) is 5.75 Å². The second kappa shape index (κ2) is 7.23. The lowest BCUT2D eigenvalue weighted by molar-refractivity contribution is -0.385. The molecule has 1 aromatic carbocycles. The van der Waals surface area contributed by atoms with E-state index in [1.54, 1.807) is 18.3 Å². The van der Waals surface area contributed by atoms with Crippen LogP contribution in [0, 0.1) is 10.1 Å². The molecule has 0 spiro atoms. The van der Waals surface area contributed by atoms with E-state index in [1.807, 2.05) is 0 Å². The van der Waals surface area contributed by atoms with Crippen LogP contribution >= 0.6 is 11.6 Å². The predicted octanol–water partition coefficient (Wildman–Crippen LogP) is 2.11. The minimum Gasteiger partial charge on any atom is -0.477 e. The molecule has 8 nitrogen and oxygen atoms in total. The maximum atomic E-state index is 11.5. The molecule has 2 rings (SSSR count). The summed E-state index contributed by atoms with van der Waals surface area (Å²) < 4.78 is 5.11. The summed E-state index contributed by atoms with van der Waals surface area (Å²) in [5.74, 6) is -0.593. The van der Waals surface area contributed by atoms with Crippen molar-refractivity contribution in [3.05, 3.63) is 57.4 Å². The van der Waals surface area contributed by atoms with Crippen LogP contribution in [0.2, 0.25) is 5.02 Å². The first kappa shape index (κ1) is 15.5. The molecule has 0 aliphatic heterocycles. The number of nitrogens with one attached hydrogen (secondary N) is 2. The number of carbonyl (C=O) groups excluding carboxylic acids is 1. The third kappa shape index (κ3) is 4.32. The number of hydrogen-bond donors (Lipinski definition) is 2. The topological polar surface area (TPSA) is 110 Å². The SMILES string of the molecule is O=C(COc1ccc(Cl)cc1[N+](=O)[O-])NN=Cc1ccc[nH]1. The van der Waals surface area contributed by atoms with Gasteiger partial charge in [-0.2, -0.15) is 5.10 Å². The normalized spacial score (nSPS) is 10.6. The van der Waals surface area contributed by atoms with Crippen molar-refractivity contribution in [2.75, 3.05) is 6.61 Å². The third-order valence-electron chi connectivity index (χ3n) is 2.49. The van der Waals surface area contributed by atoms with Gasteiger partial charge in [0.25, 0.3) is 5.91 Å². The molecule has 1 heterocycles. The Bertz CT molecular complexity index is 700. The maximum Gasteiger partial charge on any atom is 0.312 e. The Morgan fingerprint density at radius 3 is 3.00 bits per heavy atom. The molecule has 1 amide bonds. The van der Waals surface area contributed by atoms with Crippen molar-refractivity contribution < 1.29 is 14.5 Å². The number of rotatable bonds is 6. The van der Waals surface area contributed by atoms with E-state index in [9.17, 15) is 14.9 Å². The number of nitrogens with zero attached hydrogens (tertiary/aromatic N) is 2. The summed E-state index contributed by atoms with van der Waals surface area (Å²) in [6, 6.07) is 7.47. The molecule has 0 bridgehead atoms. The first-order chi connectivity index (χ1) is 10.6. The van der Waals surface area contributed by atoms with Crippen LogP contribution in [0.1, 0.15) is 5.69 Å². The maximum absolute atomic E-state index is 11.5. The van der Waals surface area contributed by atoms with Crippen molar-refractivity contribution in [1.82, 2.24) is 10.4 Å². The summed E-state index contributed by atoms with van der Waals surface area (Å²) in [6.45, 7) is -0.412. The molecule has 0 saturated heterocycles. The van der Waals surface area contributed by atoms with Gasteiger partial charge in [-0.05, 0) is 24.3 Å². The molecule has 1 aromatic heterocycles. The number of hydrogen-bond acceptors (Lipinski definition) is 5. The van der Waals surface area contributed by atoms with Crippen molar-refractivity contribution in [2.24, 2.45) is 5.10 Å². The second-order valence-corrected chi connectivity index (χ2v) is 4.51. The number of halogens is 1. The molecule has 2 N–H and O–H groups in total. The number of H-pyrrole nitrogens is 1. The number of carbonyl (C=O) groups is 1. The van der Waals surface area contributed by atoms with Crippen LogP contribution in [0.5, 0.6) is 5.75 Å². The Kier molecular flexibility index (Phi) is 5.10. The van der Waals surface area contributed by atoms with Crippen LogP contribution in [0.15, 0.2) is 41.6 Å². The summed E-state index contributed by atoms with van der Waals surface area (Å²) in [5, 5.41) is 14.8. The lowest BCUT2D eigenvalue weighted by Gasteiger charge is -2.05. The zero-order valence-corrected chi connectivity index (χ0v) is 11.9. The van der Waals surface area contributed by atoms with Crippen LogP contribution in [-0.2, 0) is 4.79 Å². The van der Waals surface area contributed by atoms with Gasteiger partial charge in [-0.25, -0.2) is 5.43 Å². The molecule has 0 radical (unpaired) electrons. The van der Waals surface area contributed by atoms with Gasteiger partial charge in [0, 0.05) is 17.3 Å². The van der Waals surface area contributed by atoms with Gasteiger partial charge in [-0.15, -0.1) is 0 Å². The van der Waals surface area contributed by atoms with Crippen molar-refractivity contribution >= 4 is 29.4 Å². The van der Waals surface area contributed by atoms with Gasteiger partial charge in [-0.3, -0.25) is 14.9 Å². The molecule has 114 valence electrons. The van der Waals surface area contributed by atoms with Gasteiger partial charge in [-0.1, -0.05) is 11.6 Å². The minimum absolute atomic E-state index is 0.0436. The van der Waals surface area contributed by atoms with Crippen molar-refractivity contribution in [2.45, 2.75) is 0 Å². The van der Waals surface area contributed by atoms with Gasteiger partial charge >= 0.3 is 5.69 Å². The van der Waals surface area contributed by atoms with Gasteiger partial charge < -0.3 is 9.72 Å². The zero-order chi connectivity index (χ0) is 15.9. The Labute approximate surface area is 129 Å². The molecule has 2 aromatic rings. The molecule has 0 fully saturated rings. The lowest BCUT2D eigenvalue weighted by atomic mass is 10.3. The van der Waals surface area contributed by atoms with E-state index in [1.165, 1.54) is 18.3 Å². The van der Waals surface area contributed by atoms with E-state index in [2.05, 4.69) is 15.5 Å². The number of nitro benzene ring substituents is 1. The van der Waals surface area contributed by atoms with Gasteiger partial charge in [0.1, 0.15) is 0 Å². The minimum atomic E-state index is -0.636. The average Bonchev–Trinajstić information content (AvgIpc) is 2.99. The van der Waals surface area contributed by atoms with E-state index in [4.69, 9.17) is 16.3 Å². The zero-order valence-electron chi connectivity index (χ0n) is 11.2. The van der Waals surface area contributed by atoms with E-state index in [-0.39, 0.29) is 16.5 Å². The Balaban J connectivity index is 1.90. The molecular weight excluding hydrogens is 312 g/mol. The van der Waals surface area contributed by atoms with Crippen LogP contribution in [-0.4, -0.2) is 28.6 Å². The summed E-state index contributed by atoms with van der Waals surface area (Å²) in [5.41, 5.74) is 2.65. The van der Waals surface area contributed by atoms with Gasteiger partial charge in [0.15, 0.2) is 12.4 Å². The Morgan fingerprint density at radius 1 is 1.50 bits per heavy atom. The number of aromatic nitrogens is 1. The largest absolute Gasteiger partial charge is 0.477 e. The highest BCUT2D eigenvalue weighted by Crippen LogP contribution is 2.29. The van der Waals surface area contributed by atoms with Crippen molar-refractivity contribution in [3.63, 3.8) is 0 Å². The van der Waals surface area contributed by atoms with Gasteiger partial charge in [0.05, 0.1) is 16.8 Å². The second-order valence-electron chi connectivity index (χ2n) is 4.08. The summed E-state index contributed by atoms with van der Waals surface area (Å²) in [4.78, 5) is 24.6. The van der Waals surface area contributed by atoms with E-state index in [0.717, 1.165) is 11.8 Å². The lowest BCUT2D eigenvalue weighted by Crippen LogP contribution is -2.24. The van der Waals surface area contributed by atoms with E-state index >= 15 is 0 Å². The number of hydrazone groups is 1. The number of aromatic amines is 1. The van der Waals surface area contributed by atoms with Crippen LogP contribution < -0.4 is 10.2 Å². The fraction of sp³-hybridized carbons (Fsp3) is 0.0769. The fourth-order valence-electron chi connectivity index (χ4n) is 1.53. The highest BCUT2D eigenvalue weighted by atomic mass is 35.5. The average molecular weight is 323 g/mol. The third-order valence-corrected chi connectivity index (χ3v) is 2.73. The monoisotopic (exact) mass is 322 g/mol. The molecule has 9 heteroatoms. The highest BCUT2D eigenvalue weighted by Gasteiger charge is 2.16. The molecule has 22 heavy (non-hydrogen) atoms.